The summed E-state index contributed by atoms with van der Waals surface area (Å²) in [6.07, 6.45) is -0.258. The second-order valence-corrected chi connectivity index (χ2v) is 8.62. The number of rotatable bonds is 2. The minimum absolute atomic E-state index is 0.166. The molecule has 0 spiro atoms. The minimum atomic E-state index is -4.40. The van der Waals surface area contributed by atoms with Crippen LogP contribution in [0, 0.1) is 6.92 Å². The lowest BCUT2D eigenvalue weighted by Crippen LogP contribution is -2.35. The number of hydrogen-bond donors (Lipinski definition) is 0. The van der Waals surface area contributed by atoms with Crippen LogP contribution < -0.4 is 0 Å². The number of fused-ring (bicyclic) bond motifs is 2. The van der Waals surface area contributed by atoms with Crippen LogP contribution in [0.25, 0.3) is 16.2 Å². The van der Waals surface area contributed by atoms with Crippen molar-refractivity contribution in [1.82, 2.24) is 19.3 Å². The zero-order valence-electron chi connectivity index (χ0n) is 16.5. The maximum Gasteiger partial charge on any atom is 0.416 e. The van der Waals surface area contributed by atoms with E-state index in [2.05, 4.69) is 9.97 Å². The van der Waals surface area contributed by atoms with Crippen LogP contribution in [-0.4, -0.2) is 31.7 Å². The van der Waals surface area contributed by atoms with Crippen molar-refractivity contribution in [2.75, 3.05) is 6.54 Å². The summed E-state index contributed by atoms with van der Waals surface area (Å²) in [6.45, 7) is 2.83. The zero-order chi connectivity index (χ0) is 21.8. The summed E-state index contributed by atoms with van der Waals surface area (Å²) in [5, 5.41) is 0.536. The molecule has 1 aliphatic rings. The molecule has 31 heavy (non-hydrogen) atoms. The molecule has 1 aliphatic heterocycles. The van der Waals surface area contributed by atoms with Crippen LogP contribution in [0.3, 0.4) is 0 Å². The zero-order valence-corrected chi connectivity index (χ0v) is 17.3. The summed E-state index contributed by atoms with van der Waals surface area (Å²) >= 11 is 1.33. The van der Waals surface area contributed by atoms with E-state index in [0.717, 1.165) is 28.3 Å². The van der Waals surface area contributed by atoms with E-state index in [1.54, 1.807) is 17.2 Å². The van der Waals surface area contributed by atoms with Crippen molar-refractivity contribution < 1.29 is 18.0 Å². The summed E-state index contributed by atoms with van der Waals surface area (Å²) in [6, 6.07) is 9.04. The molecule has 5 rings (SSSR count). The van der Waals surface area contributed by atoms with Crippen LogP contribution in [0.1, 0.15) is 32.2 Å². The summed E-state index contributed by atoms with van der Waals surface area (Å²) < 4.78 is 40.9. The SMILES string of the molecule is Cc1ccn2cc(C(=O)N3CCc4nc(-c5cccc(C(F)(F)F)c5)sc4C3)nc2c1. The Bertz CT molecular complexity index is 1310. The molecule has 158 valence electrons. The molecule has 0 atom stereocenters. The highest BCUT2D eigenvalue weighted by molar-refractivity contribution is 7.15. The average molecular weight is 442 g/mol. The van der Waals surface area contributed by atoms with Gasteiger partial charge in [0.05, 0.1) is 17.8 Å². The number of thiazole rings is 1. The standard InChI is InChI=1S/C22H17F3N4OS/c1-13-5-7-28-11-17(26-19(28)9-13)21(30)29-8-6-16-18(12-29)31-20(27-16)14-3-2-4-15(10-14)22(23,24)25/h2-5,7,9-11H,6,8,12H2,1H3. The number of aromatic nitrogens is 3. The number of carbonyl (C=O) groups is 1. The van der Waals surface area contributed by atoms with Gasteiger partial charge in [0, 0.05) is 35.8 Å². The van der Waals surface area contributed by atoms with Crippen LogP contribution in [0.2, 0.25) is 0 Å². The van der Waals surface area contributed by atoms with Gasteiger partial charge in [0.25, 0.3) is 5.91 Å². The minimum Gasteiger partial charge on any atom is -0.332 e. The van der Waals surface area contributed by atoms with Crippen molar-refractivity contribution in [3.63, 3.8) is 0 Å². The first-order valence-electron chi connectivity index (χ1n) is 9.69. The number of aryl methyl sites for hydroxylation is 1. The highest BCUT2D eigenvalue weighted by Gasteiger charge is 2.31. The van der Waals surface area contributed by atoms with Gasteiger partial charge < -0.3 is 9.30 Å². The van der Waals surface area contributed by atoms with E-state index in [4.69, 9.17) is 0 Å². The molecule has 0 fully saturated rings. The lowest BCUT2D eigenvalue weighted by Gasteiger charge is -2.25. The Labute approximate surface area is 179 Å². The van der Waals surface area contributed by atoms with Crippen molar-refractivity contribution >= 4 is 22.9 Å². The normalized spacial score (nSPS) is 14.1. The Hall–Kier alpha value is -3.20. The van der Waals surface area contributed by atoms with Gasteiger partial charge in [-0.05, 0) is 36.8 Å². The first-order chi connectivity index (χ1) is 14.8. The smallest absolute Gasteiger partial charge is 0.332 e. The van der Waals surface area contributed by atoms with Crippen LogP contribution in [0.4, 0.5) is 13.2 Å². The number of amides is 1. The number of nitrogens with zero attached hydrogens (tertiary/aromatic N) is 4. The van der Waals surface area contributed by atoms with Gasteiger partial charge >= 0.3 is 6.18 Å². The Morgan fingerprint density at radius 1 is 1.16 bits per heavy atom. The highest BCUT2D eigenvalue weighted by atomic mass is 32.1. The molecular weight excluding hydrogens is 425 g/mol. The quantitative estimate of drug-likeness (QED) is 0.440. The van der Waals surface area contributed by atoms with Gasteiger partial charge in [-0.25, -0.2) is 9.97 Å². The number of pyridine rings is 1. The van der Waals surface area contributed by atoms with Gasteiger partial charge in [-0.2, -0.15) is 13.2 Å². The molecule has 9 heteroatoms. The molecule has 0 unspecified atom stereocenters. The summed E-state index contributed by atoms with van der Waals surface area (Å²) in [7, 11) is 0. The second-order valence-electron chi connectivity index (χ2n) is 7.54. The van der Waals surface area contributed by atoms with E-state index in [0.29, 0.717) is 41.4 Å². The third kappa shape index (κ3) is 3.69. The van der Waals surface area contributed by atoms with Gasteiger partial charge in [-0.1, -0.05) is 12.1 Å². The van der Waals surface area contributed by atoms with Gasteiger partial charge in [0.15, 0.2) is 0 Å². The fourth-order valence-corrected chi connectivity index (χ4v) is 4.79. The molecule has 0 aliphatic carbocycles. The van der Waals surface area contributed by atoms with Crippen LogP contribution >= 0.6 is 11.3 Å². The molecule has 0 N–H and O–H groups in total. The first-order valence-corrected chi connectivity index (χ1v) is 10.5. The number of alkyl halides is 3. The molecule has 0 radical (unpaired) electrons. The topological polar surface area (TPSA) is 50.5 Å². The Morgan fingerprint density at radius 3 is 2.81 bits per heavy atom. The van der Waals surface area contributed by atoms with Crippen molar-refractivity contribution in [2.24, 2.45) is 0 Å². The third-order valence-electron chi connectivity index (χ3n) is 5.29. The average Bonchev–Trinajstić information content (AvgIpc) is 3.36. The largest absolute Gasteiger partial charge is 0.416 e. The summed E-state index contributed by atoms with van der Waals surface area (Å²) in [5.74, 6) is -0.166. The Balaban J connectivity index is 1.39. The fraction of sp³-hybridized carbons (Fsp3) is 0.227. The molecule has 0 saturated carbocycles. The van der Waals surface area contributed by atoms with E-state index < -0.39 is 11.7 Å². The molecule has 5 nitrogen and oxygen atoms in total. The molecule has 1 amide bonds. The molecule has 0 bridgehead atoms. The van der Waals surface area contributed by atoms with E-state index in [1.165, 1.54) is 17.4 Å². The maximum atomic E-state index is 13.0. The number of carbonyl (C=O) groups excluding carboxylic acids is 1. The van der Waals surface area contributed by atoms with Gasteiger partial charge in [0.1, 0.15) is 16.3 Å². The van der Waals surface area contributed by atoms with E-state index in [9.17, 15) is 18.0 Å². The molecular formula is C22H17F3N4OS. The Morgan fingerprint density at radius 2 is 2.00 bits per heavy atom. The van der Waals surface area contributed by atoms with E-state index in [1.807, 2.05) is 29.7 Å². The molecule has 1 aromatic carbocycles. The van der Waals surface area contributed by atoms with Crippen LogP contribution in [0.15, 0.2) is 48.8 Å². The van der Waals surface area contributed by atoms with E-state index in [-0.39, 0.29) is 5.91 Å². The van der Waals surface area contributed by atoms with Crippen molar-refractivity contribution in [3.8, 4) is 10.6 Å². The maximum absolute atomic E-state index is 13.0. The highest BCUT2D eigenvalue weighted by Crippen LogP contribution is 2.35. The molecule has 0 saturated heterocycles. The predicted octanol–water partition coefficient (Wildman–Crippen LogP) is 4.98. The van der Waals surface area contributed by atoms with Gasteiger partial charge in [-0.15, -0.1) is 11.3 Å². The third-order valence-corrected chi connectivity index (χ3v) is 6.42. The number of hydrogen-bond acceptors (Lipinski definition) is 4. The monoisotopic (exact) mass is 442 g/mol. The van der Waals surface area contributed by atoms with Crippen molar-refractivity contribution in [1.29, 1.82) is 0 Å². The van der Waals surface area contributed by atoms with Crippen molar-refractivity contribution in [3.05, 3.63) is 76.2 Å². The van der Waals surface area contributed by atoms with Gasteiger partial charge in [-0.3, -0.25) is 4.79 Å². The van der Waals surface area contributed by atoms with Crippen molar-refractivity contribution in [2.45, 2.75) is 26.1 Å². The number of halogens is 3. The number of imidazole rings is 1. The number of benzene rings is 1. The second kappa shape index (κ2) is 7.19. The summed E-state index contributed by atoms with van der Waals surface area (Å²) in [5.41, 5.74) is 2.72. The summed E-state index contributed by atoms with van der Waals surface area (Å²) in [4.78, 5) is 24.6. The predicted molar refractivity (Wildman–Crippen MR) is 111 cm³/mol. The first kappa shape index (κ1) is 19.7. The molecule has 4 heterocycles. The fourth-order valence-electron chi connectivity index (χ4n) is 3.67. The lowest BCUT2D eigenvalue weighted by molar-refractivity contribution is -0.137. The van der Waals surface area contributed by atoms with Crippen LogP contribution in [-0.2, 0) is 19.1 Å². The van der Waals surface area contributed by atoms with Crippen LogP contribution in [0.5, 0.6) is 0 Å². The lowest BCUT2D eigenvalue weighted by atomic mass is 10.1. The Kier molecular flexibility index (Phi) is 4.58. The molecule has 3 aromatic heterocycles. The van der Waals surface area contributed by atoms with Gasteiger partial charge in [0.2, 0.25) is 0 Å². The molecule has 4 aromatic rings. The van der Waals surface area contributed by atoms with E-state index >= 15 is 0 Å².